The van der Waals surface area contributed by atoms with Crippen LogP contribution in [0.1, 0.15) is 17.1 Å². The van der Waals surface area contributed by atoms with Gasteiger partial charge in [-0.3, -0.25) is 0 Å². The van der Waals surface area contributed by atoms with E-state index >= 15 is 0 Å². The number of benzene rings is 1. The lowest BCUT2D eigenvalue weighted by Crippen LogP contribution is -1.96. The van der Waals surface area contributed by atoms with Crippen LogP contribution in [0, 0.1) is 6.92 Å². The first-order valence-corrected chi connectivity index (χ1v) is 6.80. The van der Waals surface area contributed by atoms with Gasteiger partial charge in [0, 0.05) is 10.7 Å². The summed E-state index contributed by atoms with van der Waals surface area (Å²) >= 11 is 9.45. The first-order valence-electron chi connectivity index (χ1n) is 5.63. The van der Waals surface area contributed by atoms with Gasteiger partial charge in [-0.05, 0) is 59.5 Å². The van der Waals surface area contributed by atoms with E-state index in [1.54, 1.807) is 7.11 Å². The minimum atomic E-state index is 0.727. The molecule has 0 aliphatic carbocycles. The molecule has 1 aromatic carbocycles. The molecule has 96 valence electrons. The number of nitrogens with one attached hydrogen (secondary N) is 1. The number of aromatic nitrogens is 2. The summed E-state index contributed by atoms with van der Waals surface area (Å²) < 4.78 is 6.20. The highest BCUT2D eigenvalue weighted by Gasteiger charge is 2.08. The zero-order chi connectivity index (χ0) is 13.1. The Hall–Kier alpha value is -1.00. The quantitative estimate of drug-likeness (QED) is 0.923. The molecule has 0 spiro atoms. The Morgan fingerprint density at radius 2 is 2.17 bits per heavy atom. The molecule has 0 bridgehead atoms. The van der Waals surface area contributed by atoms with Crippen LogP contribution in [-0.2, 0) is 12.8 Å². The zero-order valence-electron chi connectivity index (χ0n) is 10.3. The van der Waals surface area contributed by atoms with Crippen LogP contribution >= 0.6 is 27.5 Å². The van der Waals surface area contributed by atoms with Crippen molar-refractivity contribution in [2.45, 2.75) is 19.8 Å². The molecule has 0 radical (unpaired) electrons. The van der Waals surface area contributed by atoms with E-state index in [-0.39, 0.29) is 0 Å². The predicted octanol–water partition coefficient (Wildman–Crippen LogP) is 3.93. The Labute approximate surface area is 120 Å². The van der Waals surface area contributed by atoms with E-state index in [9.17, 15) is 0 Å². The number of halogens is 2. The van der Waals surface area contributed by atoms with Crippen molar-refractivity contribution in [3.63, 3.8) is 0 Å². The second kappa shape index (κ2) is 5.76. The molecule has 18 heavy (non-hydrogen) atoms. The minimum absolute atomic E-state index is 0.727. The molecule has 0 unspecified atom stereocenters. The summed E-state index contributed by atoms with van der Waals surface area (Å²) in [5, 5.41) is 0.727. The third-order valence-corrected chi connectivity index (χ3v) is 3.62. The topological polar surface area (TPSA) is 37.9 Å². The van der Waals surface area contributed by atoms with Crippen molar-refractivity contribution in [2.75, 3.05) is 7.11 Å². The molecule has 5 heteroatoms. The van der Waals surface area contributed by atoms with Crippen molar-refractivity contribution in [1.82, 2.24) is 9.97 Å². The van der Waals surface area contributed by atoms with E-state index in [1.807, 2.05) is 25.1 Å². The van der Waals surface area contributed by atoms with Gasteiger partial charge in [0.1, 0.15) is 16.2 Å². The lowest BCUT2D eigenvalue weighted by atomic mass is 10.1. The number of nitrogens with zero attached hydrogens (tertiary/aromatic N) is 1. The van der Waals surface area contributed by atoms with Gasteiger partial charge in [0.15, 0.2) is 0 Å². The van der Waals surface area contributed by atoms with E-state index in [0.717, 1.165) is 45.3 Å². The predicted molar refractivity (Wildman–Crippen MR) is 76.4 cm³/mol. The molecule has 0 saturated carbocycles. The van der Waals surface area contributed by atoms with Gasteiger partial charge in [0.05, 0.1) is 7.11 Å². The number of ether oxygens (including phenoxy) is 1. The van der Waals surface area contributed by atoms with E-state index in [2.05, 4.69) is 25.9 Å². The number of imidazole rings is 1. The molecular formula is C13H14BrClN2O. The fourth-order valence-electron chi connectivity index (χ4n) is 1.88. The maximum absolute atomic E-state index is 6.01. The summed E-state index contributed by atoms with van der Waals surface area (Å²) in [5.41, 5.74) is 2.19. The minimum Gasteiger partial charge on any atom is -0.496 e. The average molecular weight is 330 g/mol. The highest BCUT2D eigenvalue weighted by atomic mass is 79.9. The standard InChI is InChI=1S/C13H14BrClN2O/c1-8-16-11(13(14)17-8)5-3-9-7-10(15)4-6-12(9)18-2/h4,6-7H,3,5H2,1-2H3,(H,16,17). The third kappa shape index (κ3) is 3.06. The summed E-state index contributed by atoms with van der Waals surface area (Å²) in [4.78, 5) is 7.52. The second-order valence-electron chi connectivity index (χ2n) is 4.05. The van der Waals surface area contributed by atoms with Crippen LogP contribution in [0.4, 0.5) is 0 Å². The van der Waals surface area contributed by atoms with E-state index in [1.165, 1.54) is 0 Å². The van der Waals surface area contributed by atoms with Crippen LogP contribution in [0.3, 0.4) is 0 Å². The normalized spacial score (nSPS) is 10.7. The SMILES string of the molecule is COc1ccc(Cl)cc1CCc1[nH]c(C)nc1Br. The van der Waals surface area contributed by atoms with Gasteiger partial charge in [-0.2, -0.15) is 0 Å². The largest absolute Gasteiger partial charge is 0.496 e. The summed E-state index contributed by atoms with van der Waals surface area (Å²) in [6.45, 7) is 1.94. The fraction of sp³-hybridized carbons (Fsp3) is 0.308. The third-order valence-electron chi connectivity index (χ3n) is 2.73. The first kappa shape index (κ1) is 13.4. The number of methoxy groups -OCH3 is 1. The number of aromatic amines is 1. The number of rotatable bonds is 4. The molecule has 0 amide bonds. The molecule has 0 fully saturated rings. The Morgan fingerprint density at radius 3 is 2.78 bits per heavy atom. The highest BCUT2D eigenvalue weighted by molar-refractivity contribution is 9.10. The number of hydrogen-bond acceptors (Lipinski definition) is 2. The van der Waals surface area contributed by atoms with Gasteiger partial charge >= 0.3 is 0 Å². The fourth-order valence-corrected chi connectivity index (χ4v) is 2.64. The molecule has 1 heterocycles. The molecule has 0 aliphatic rings. The highest BCUT2D eigenvalue weighted by Crippen LogP contribution is 2.25. The van der Waals surface area contributed by atoms with Crippen molar-refractivity contribution in [1.29, 1.82) is 0 Å². The van der Waals surface area contributed by atoms with Crippen LogP contribution in [0.5, 0.6) is 5.75 Å². The summed E-state index contributed by atoms with van der Waals surface area (Å²) in [6, 6.07) is 5.67. The van der Waals surface area contributed by atoms with Gasteiger partial charge in [-0.1, -0.05) is 11.6 Å². The molecule has 2 aromatic rings. The van der Waals surface area contributed by atoms with Crippen LogP contribution in [0.25, 0.3) is 0 Å². The van der Waals surface area contributed by atoms with Gasteiger partial charge < -0.3 is 9.72 Å². The molecule has 2 rings (SSSR count). The van der Waals surface area contributed by atoms with Crippen LogP contribution < -0.4 is 4.74 Å². The smallest absolute Gasteiger partial charge is 0.127 e. The van der Waals surface area contributed by atoms with Gasteiger partial charge in [-0.15, -0.1) is 0 Å². The van der Waals surface area contributed by atoms with Gasteiger partial charge in [-0.25, -0.2) is 4.98 Å². The van der Waals surface area contributed by atoms with Crippen molar-refractivity contribution in [3.8, 4) is 5.75 Å². The molecule has 0 aliphatic heterocycles. The van der Waals surface area contributed by atoms with E-state index in [0.29, 0.717) is 0 Å². The lowest BCUT2D eigenvalue weighted by Gasteiger charge is -2.08. The van der Waals surface area contributed by atoms with Crippen LogP contribution in [-0.4, -0.2) is 17.1 Å². The van der Waals surface area contributed by atoms with Crippen molar-refractivity contribution in [2.24, 2.45) is 0 Å². The Balaban J connectivity index is 2.14. The lowest BCUT2D eigenvalue weighted by molar-refractivity contribution is 0.409. The first-order chi connectivity index (χ1) is 8.60. The number of hydrogen-bond donors (Lipinski definition) is 1. The van der Waals surface area contributed by atoms with Crippen LogP contribution in [0.2, 0.25) is 5.02 Å². The van der Waals surface area contributed by atoms with Crippen molar-refractivity contribution in [3.05, 3.63) is 44.9 Å². The average Bonchev–Trinajstić information content (AvgIpc) is 2.65. The maximum Gasteiger partial charge on any atom is 0.127 e. The molecule has 3 nitrogen and oxygen atoms in total. The number of H-pyrrole nitrogens is 1. The molecule has 1 aromatic heterocycles. The van der Waals surface area contributed by atoms with Crippen molar-refractivity contribution >= 4 is 27.5 Å². The second-order valence-corrected chi connectivity index (χ2v) is 5.24. The monoisotopic (exact) mass is 328 g/mol. The maximum atomic E-state index is 6.01. The summed E-state index contributed by atoms with van der Waals surface area (Å²) in [5.74, 6) is 1.78. The van der Waals surface area contributed by atoms with Crippen molar-refractivity contribution < 1.29 is 4.74 Å². The molecule has 0 atom stereocenters. The Kier molecular flexibility index (Phi) is 4.30. The summed E-state index contributed by atoms with van der Waals surface area (Å²) in [6.07, 6.45) is 1.71. The Bertz CT molecular complexity index is 554. The zero-order valence-corrected chi connectivity index (χ0v) is 12.6. The van der Waals surface area contributed by atoms with Gasteiger partial charge in [0.2, 0.25) is 0 Å². The molecule has 0 saturated heterocycles. The van der Waals surface area contributed by atoms with Gasteiger partial charge in [0.25, 0.3) is 0 Å². The Morgan fingerprint density at radius 1 is 1.39 bits per heavy atom. The van der Waals surface area contributed by atoms with Crippen LogP contribution in [0.15, 0.2) is 22.8 Å². The van der Waals surface area contributed by atoms with E-state index < -0.39 is 0 Å². The molecular weight excluding hydrogens is 316 g/mol. The van der Waals surface area contributed by atoms with E-state index in [4.69, 9.17) is 16.3 Å². The summed E-state index contributed by atoms with van der Waals surface area (Å²) in [7, 11) is 1.67. The number of aryl methyl sites for hydroxylation is 3. The molecule has 1 N–H and O–H groups in total.